The molecule has 0 aromatic heterocycles. The van der Waals surface area contributed by atoms with Gasteiger partial charge in [0, 0.05) is 19.7 Å². The van der Waals surface area contributed by atoms with E-state index in [1.807, 2.05) is 0 Å². The Morgan fingerprint density at radius 2 is 1.94 bits per heavy atom. The molecule has 0 saturated heterocycles. The molecule has 0 fully saturated rings. The number of hydrogen-bond acceptors (Lipinski definition) is 2. The summed E-state index contributed by atoms with van der Waals surface area (Å²) in [6.07, 6.45) is 2.41. The highest BCUT2D eigenvalue weighted by Gasteiger charge is 2.05. The molecular formula is C13H29N3O. The first-order valence-electron chi connectivity index (χ1n) is 6.63. The monoisotopic (exact) mass is 243 g/mol. The van der Waals surface area contributed by atoms with Crippen LogP contribution in [0.15, 0.2) is 4.99 Å². The molecule has 0 aromatic rings. The number of ether oxygens (including phenoxy) is 1. The summed E-state index contributed by atoms with van der Waals surface area (Å²) in [7, 11) is 1.70. The van der Waals surface area contributed by atoms with Crippen molar-refractivity contribution in [1.82, 2.24) is 10.6 Å². The van der Waals surface area contributed by atoms with Gasteiger partial charge in [-0.2, -0.15) is 0 Å². The lowest BCUT2D eigenvalue weighted by atomic mass is 10.0. The summed E-state index contributed by atoms with van der Waals surface area (Å²) in [4.78, 5) is 4.44. The van der Waals surface area contributed by atoms with Gasteiger partial charge in [0.15, 0.2) is 5.96 Å². The summed E-state index contributed by atoms with van der Waals surface area (Å²) in [5, 5.41) is 6.66. The molecule has 1 atom stereocenters. The normalized spacial score (nSPS) is 13.9. The average molecular weight is 243 g/mol. The van der Waals surface area contributed by atoms with Crippen LogP contribution in [0.1, 0.15) is 40.5 Å². The van der Waals surface area contributed by atoms with Crippen molar-refractivity contribution in [2.24, 2.45) is 10.9 Å². The molecule has 0 saturated carbocycles. The molecule has 1 unspecified atom stereocenters. The molecule has 0 spiro atoms. The number of aliphatic imine (C=N–C) groups is 1. The van der Waals surface area contributed by atoms with Gasteiger partial charge in [-0.3, -0.25) is 4.99 Å². The van der Waals surface area contributed by atoms with Crippen LogP contribution in [0.4, 0.5) is 0 Å². The molecule has 0 aliphatic heterocycles. The maximum absolute atomic E-state index is 4.99. The zero-order chi connectivity index (χ0) is 13.1. The minimum Gasteiger partial charge on any atom is -0.383 e. The summed E-state index contributed by atoms with van der Waals surface area (Å²) in [6, 6.07) is 0.456. The summed E-state index contributed by atoms with van der Waals surface area (Å²) < 4.78 is 4.99. The van der Waals surface area contributed by atoms with Gasteiger partial charge < -0.3 is 15.4 Å². The topological polar surface area (TPSA) is 45.7 Å². The number of methoxy groups -OCH3 is 1. The van der Waals surface area contributed by atoms with E-state index >= 15 is 0 Å². The number of nitrogens with one attached hydrogen (secondary N) is 2. The van der Waals surface area contributed by atoms with E-state index < -0.39 is 0 Å². The maximum Gasteiger partial charge on any atom is 0.191 e. The highest BCUT2D eigenvalue weighted by Crippen LogP contribution is 2.06. The van der Waals surface area contributed by atoms with Crippen LogP contribution in [0.2, 0.25) is 0 Å². The Bertz CT molecular complexity index is 205. The Kier molecular flexibility index (Phi) is 9.92. The first-order chi connectivity index (χ1) is 8.10. The minimum atomic E-state index is 0.456. The summed E-state index contributed by atoms with van der Waals surface area (Å²) in [5.41, 5.74) is 0. The first-order valence-corrected chi connectivity index (χ1v) is 6.63. The van der Waals surface area contributed by atoms with E-state index in [1.165, 1.54) is 12.8 Å². The van der Waals surface area contributed by atoms with Crippen molar-refractivity contribution in [3.63, 3.8) is 0 Å². The van der Waals surface area contributed by atoms with Gasteiger partial charge in [0.25, 0.3) is 0 Å². The van der Waals surface area contributed by atoms with Crippen LogP contribution in [0.5, 0.6) is 0 Å². The summed E-state index contributed by atoms with van der Waals surface area (Å²) in [5.74, 6) is 1.65. The second kappa shape index (κ2) is 10.4. The predicted molar refractivity (Wildman–Crippen MR) is 74.5 cm³/mol. The second-order valence-corrected chi connectivity index (χ2v) is 4.77. The molecule has 4 heteroatoms. The fourth-order valence-corrected chi connectivity index (χ4v) is 1.46. The van der Waals surface area contributed by atoms with E-state index in [4.69, 9.17) is 4.74 Å². The van der Waals surface area contributed by atoms with Crippen LogP contribution in [0.3, 0.4) is 0 Å². The van der Waals surface area contributed by atoms with Gasteiger partial charge in [0.05, 0.1) is 13.2 Å². The van der Waals surface area contributed by atoms with Gasteiger partial charge >= 0.3 is 0 Å². The van der Waals surface area contributed by atoms with Crippen molar-refractivity contribution in [2.45, 2.75) is 46.6 Å². The van der Waals surface area contributed by atoms with Gasteiger partial charge in [-0.25, -0.2) is 0 Å². The van der Waals surface area contributed by atoms with Crippen LogP contribution in [-0.4, -0.2) is 38.8 Å². The minimum absolute atomic E-state index is 0.456. The van der Waals surface area contributed by atoms with Crippen molar-refractivity contribution in [1.29, 1.82) is 0 Å². The van der Waals surface area contributed by atoms with Gasteiger partial charge in [0.1, 0.15) is 0 Å². The van der Waals surface area contributed by atoms with E-state index in [1.54, 1.807) is 7.11 Å². The SMILES string of the molecule is CCNC(=NCCOC)NC(C)CCC(C)C. The predicted octanol–water partition coefficient (Wildman–Crippen LogP) is 2.01. The van der Waals surface area contributed by atoms with Crippen molar-refractivity contribution >= 4 is 5.96 Å². The zero-order valence-corrected chi connectivity index (χ0v) is 12.0. The van der Waals surface area contributed by atoms with Crippen LogP contribution in [0.25, 0.3) is 0 Å². The fraction of sp³-hybridized carbons (Fsp3) is 0.923. The Hall–Kier alpha value is -0.770. The third kappa shape index (κ3) is 10.1. The highest BCUT2D eigenvalue weighted by atomic mass is 16.5. The molecule has 0 rings (SSSR count). The van der Waals surface area contributed by atoms with Gasteiger partial charge in [-0.15, -0.1) is 0 Å². The van der Waals surface area contributed by atoms with Crippen molar-refractivity contribution in [2.75, 3.05) is 26.8 Å². The van der Waals surface area contributed by atoms with Crippen LogP contribution in [-0.2, 0) is 4.74 Å². The third-order valence-corrected chi connectivity index (χ3v) is 2.47. The van der Waals surface area contributed by atoms with E-state index in [9.17, 15) is 0 Å². The molecule has 0 amide bonds. The third-order valence-electron chi connectivity index (χ3n) is 2.47. The van der Waals surface area contributed by atoms with Crippen LogP contribution < -0.4 is 10.6 Å². The molecule has 0 aromatic carbocycles. The highest BCUT2D eigenvalue weighted by molar-refractivity contribution is 5.80. The fourth-order valence-electron chi connectivity index (χ4n) is 1.46. The van der Waals surface area contributed by atoms with E-state index in [-0.39, 0.29) is 0 Å². The van der Waals surface area contributed by atoms with E-state index in [0.29, 0.717) is 19.2 Å². The number of rotatable bonds is 8. The molecule has 0 aliphatic rings. The van der Waals surface area contributed by atoms with Gasteiger partial charge in [-0.1, -0.05) is 13.8 Å². The second-order valence-electron chi connectivity index (χ2n) is 4.77. The molecular weight excluding hydrogens is 214 g/mol. The number of guanidine groups is 1. The molecule has 2 N–H and O–H groups in total. The summed E-state index contributed by atoms with van der Waals surface area (Å²) in [6.45, 7) is 11.0. The first kappa shape index (κ1) is 16.2. The summed E-state index contributed by atoms with van der Waals surface area (Å²) >= 11 is 0. The van der Waals surface area contributed by atoms with Crippen molar-refractivity contribution in [3.8, 4) is 0 Å². The molecule has 0 heterocycles. The maximum atomic E-state index is 4.99. The molecule has 0 radical (unpaired) electrons. The largest absolute Gasteiger partial charge is 0.383 e. The Morgan fingerprint density at radius 1 is 1.24 bits per heavy atom. The standard InChI is InChI=1S/C13H29N3O/c1-6-14-13(15-9-10-17-5)16-12(4)8-7-11(2)3/h11-12H,6-10H2,1-5H3,(H2,14,15,16). The number of hydrogen-bond donors (Lipinski definition) is 2. The Labute approximate surface area is 106 Å². The lowest BCUT2D eigenvalue weighted by Gasteiger charge is -2.18. The Morgan fingerprint density at radius 3 is 2.47 bits per heavy atom. The average Bonchev–Trinajstić information content (AvgIpc) is 2.27. The van der Waals surface area contributed by atoms with E-state index in [0.717, 1.165) is 18.4 Å². The van der Waals surface area contributed by atoms with Crippen LogP contribution >= 0.6 is 0 Å². The lowest BCUT2D eigenvalue weighted by molar-refractivity contribution is 0.208. The van der Waals surface area contributed by atoms with Crippen LogP contribution in [0, 0.1) is 5.92 Å². The number of nitrogens with zero attached hydrogens (tertiary/aromatic N) is 1. The molecule has 17 heavy (non-hydrogen) atoms. The quantitative estimate of drug-likeness (QED) is 0.389. The van der Waals surface area contributed by atoms with Crippen molar-refractivity contribution < 1.29 is 4.74 Å². The zero-order valence-electron chi connectivity index (χ0n) is 12.0. The van der Waals surface area contributed by atoms with Gasteiger partial charge in [0.2, 0.25) is 0 Å². The molecule has 4 nitrogen and oxygen atoms in total. The molecule has 102 valence electrons. The smallest absolute Gasteiger partial charge is 0.191 e. The molecule has 0 bridgehead atoms. The Balaban J connectivity index is 4.00. The molecule has 0 aliphatic carbocycles. The lowest BCUT2D eigenvalue weighted by Crippen LogP contribution is -2.42. The van der Waals surface area contributed by atoms with E-state index in [2.05, 4.69) is 43.3 Å². The van der Waals surface area contributed by atoms with Crippen molar-refractivity contribution in [3.05, 3.63) is 0 Å². The van der Waals surface area contributed by atoms with Gasteiger partial charge in [-0.05, 0) is 32.6 Å².